The monoisotopic (exact) mass is 412 g/mol. The number of rotatable bonds is 6. The number of Topliss-reactive ketones (excluding diaryl/α,β-unsaturated/α-hetero) is 1. The molecule has 1 aliphatic rings. The molecule has 0 saturated carbocycles. The van der Waals surface area contributed by atoms with Gasteiger partial charge in [0.05, 0.1) is 21.2 Å². The predicted octanol–water partition coefficient (Wildman–Crippen LogP) is 4.82. The number of imidazole rings is 1. The molecule has 5 nitrogen and oxygen atoms in total. The smallest absolute Gasteiger partial charge is 0.173 e. The number of likely N-dealkylation sites (tertiary alicyclic amines) is 1. The molecule has 0 aliphatic carbocycles. The molecule has 3 aromatic rings. The third-order valence-electron chi connectivity index (χ3n) is 4.95. The number of aryl methyl sites for hydroxylation is 1. The molecule has 0 radical (unpaired) electrons. The normalized spacial score (nSPS) is 13.8. The van der Waals surface area contributed by atoms with Gasteiger partial charge in [0.15, 0.2) is 5.78 Å². The Hall–Kier alpha value is -2.44. The summed E-state index contributed by atoms with van der Waals surface area (Å²) in [6, 6.07) is 11.5. The van der Waals surface area contributed by atoms with Gasteiger partial charge in [-0.2, -0.15) is 0 Å². The van der Waals surface area contributed by atoms with E-state index in [1.54, 1.807) is 18.5 Å². The van der Waals surface area contributed by atoms with Crippen LogP contribution >= 0.6 is 22.9 Å². The molecule has 28 heavy (non-hydrogen) atoms. The quantitative estimate of drug-likeness (QED) is 0.358. The number of carbonyl (C=O) groups is 1. The molecule has 1 fully saturated rings. The van der Waals surface area contributed by atoms with Gasteiger partial charge in [-0.25, -0.2) is 4.98 Å². The predicted molar refractivity (Wildman–Crippen MR) is 113 cm³/mol. The van der Waals surface area contributed by atoms with Crippen molar-refractivity contribution in [1.82, 2.24) is 14.5 Å². The zero-order valence-electron chi connectivity index (χ0n) is 15.4. The lowest BCUT2D eigenvalue weighted by atomic mass is 10.1. The summed E-state index contributed by atoms with van der Waals surface area (Å²) >= 11 is 7.21. The van der Waals surface area contributed by atoms with E-state index in [4.69, 9.17) is 17.0 Å². The van der Waals surface area contributed by atoms with E-state index in [1.807, 2.05) is 35.0 Å². The zero-order valence-corrected chi connectivity index (χ0v) is 17.0. The minimum Gasteiger partial charge on any atom is -0.357 e. The van der Waals surface area contributed by atoms with Gasteiger partial charge < -0.3 is 9.47 Å². The highest BCUT2D eigenvalue weighted by atomic mass is 35.5. The first-order valence-corrected chi connectivity index (χ1v) is 10.6. The number of nitrogens with one attached hydrogen (secondary N) is 1. The van der Waals surface area contributed by atoms with Crippen molar-refractivity contribution in [3.8, 4) is 5.69 Å². The van der Waals surface area contributed by atoms with Crippen LogP contribution in [0.1, 0.15) is 40.2 Å². The maximum absolute atomic E-state index is 12.2. The van der Waals surface area contributed by atoms with Crippen molar-refractivity contribution in [3.05, 3.63) is 69.4 Å². The van der Waals surface area contributed by atoms with Gasteiger partial charge in [-0.1, -0.05) is 11.6 Å². The van der Waals surface area contributed by atoms with Gasteiger partial charge in [0, 0.05) is 37.0 Å². The van der Waals surface area contributed by atoms with Gasteiger partial charge in [0.25, 0.3) is 0 Å². The van der Waals surface area contributed by atoms with Crippen LogP contribution < -0.4 is 0 Å². The minimum atomic E-state index is 0.0937. The summed E-state index contributed by atoms with van der Waals surface area (Å²) < 4.78 is 2.58. The SMILES string of the molecule is N=C(c1ccc(-n2cnc(CCC(=O)c3ccc(Cl)s3)c2)cc1)N1CCCC1. The molecule has 1 N–H and O–H groups in total. The van der Waals surface area contributed by atoms with Crippen molar-refractivity contribution in [3.63, 3.8) is 0 Å². The van der Waals surface area contributed by atoms with E-state index in [0.29, 0.717) is 27.9 Å². The minimum absolute atomic E-state index is 0.0937. The van der Waals surface area contributed by atoms with Crippen LogP contribution in [0.25, 0.3) is 5.69 Å². The first kappa shape index (κ1) is 18.9. The number of aromatic nitrogens is 2. The second-order valence-corrected chi connectivity index (χ2v) is 8.60. The summed E-state index contributed by atoms with van der Waals surface area (Å²) in [5.74, 6) is 0.693. The summed E-state index contributed by atoms with van der Waals surface area (Å²) in [5, 5.41) is 8.34. The number of halogens is 1. The average molecular weight is 413 g/mol. The van der Waals surface area contributed by atoms with E-state index >= 15 is 0 Å². The van der Waals surface area contributed by atoms with E-state index in [-0.39, 0.29) is 5.78 Å². The molecule has 0 bridgehead atoms. The Kier molecular flexibility index (Phi) is 5.59. The lowest BCUT2D eigenvalue weighted by molar-refractivity contribution is 0.0986. The molecule has 1 aliphatic heterocycles. The highest BCUT2D eigenvalue weighted by Gasteiger charge is 2.16. The Morgan fingerprint density at radius 1 is 1.14 bits per heavy atom. The van der Waals surface area contributed by atoms with E-state index in [1.165, 1.54) is 24.2 Å². The van der Waals surface area contributed by atoms with Crippen LogP contribution in [-0.4, -0.2) is 39.2 Å². The van der Waals surface area contributed by atoms with E-state index in [2.05, 4.69) is 9.88 Å². The number of thiophene rings is 1. The van der Waals surface area contributed by atoms with Gasteiger partial charge in [0.1, 0.15) is 5.84 Å². The second kappa shape index (κ2) is 8.29. The van der Waals surface area contributed by atoms with Crippen molar-refractivity contribution in [2.75, 3.05) is 13.1 Å². The number of nitrogens with zero attached hydrogens (tertiary/aromatic N) is 3. The van der Waals surface area contributed by atoms with Crippen molar-refractivity contribution < 1.29 is 4.79 Å². The fourth-order valence-corrected chi connectivity index (χ4v) is 4.39. The Balaban J connectivity index is 1.38. The molecule has 4 rings (SSSR count). The summed E-state index contributed by atoms with van der Waals surface area (Å²) in [6.45, 7) is 1.95. The van der Waals surface area contributed by atoms with Crippen molar-refractivity contribution in [1.29, 1.82) is 5.41 Å². The van der Waals surface area contributed by atoms with Gasteiger partial charge in [-0.3, -0.25) is 10.2 Å². The molecular formula is C21H21ClN4OS. The maximum atomic E-state index is 12.2. The molecule has 0 unspecified atom stereocenters. The van der Waals surface area contributed by atoms with Crippen molar-refractivity contribution >= 4 is 34.6 Å². The largest absolute Gasteiger partial charge is 0.357 e. The summed E-state index contributed by atoms with van der Waals surface area (Å²) in [5.41, 5.74) is 2.81. The first-order valence-electron chi connectivity index (χ1n) is 9.36. The first-order chi connectivity index (χ1) is 13.6. The number of carbonyl (C=O) groups excluding carboxylic acids is 1. The highest BCUT2D eigenvalue weighted by Crippen LogP contribution is 2.23. The van der Waals surface area contributed by atoms with Crippen LogP contribution in [-0.2, 0) is 6.42 Å². The van der Waals surface area contributed by atoms with Crippen molar-refractivity contribution in [2.24, 2.45) is 0 Å². The Bertz CT molecular complexity index is 986. The average Bonchev–Trinajstić information content (AvgIpc) is 3.47. The Morgan fingerprint density at radius 3 is 2.57 bits per heavy atom. The Labute approximate surface area is 173 Å². The Morgan fingerprint density at radius 2 is 1.89 bits per heavy atom. The molecule has 0 atom stereocenters. The summed E-state index contributed by atoms with van der Waals surface area (Å²) in [7, 11) is 0. The van der Waals surface area contributed by atoms with Crippen LogP contribution in [0.15, 0.2) is 48.9 Å². The van der Waals surface area contributed by atoms with Gasteiger partial charge in [-0.05, 0) is 55.7 Å². The van der Waals surface area contributed by atoms with Crippen molar-refractivity contribution in [2.45, 2.75) is 25.7 Å². The molecular weight excluding hydrogens is 392 g/mol. The number of benzene rings is 1. The molecule has 0 spiro atoms. The van der Waals surface area contributed by atoms with Crippen LogP contribution in [0.2, 0.25) is 4.34 Å². The zero-order chi connectivity index (χ0) is 19.5. The van der Waals surface area contributed by atoms with Gasteiger partial charge in [0.2, 0.25) is 0 Å². The maximum Gasteiger partial charge on any atom is 0.173 e. The topological polar surface area (TPSA) is 62.0 Å². The molecule has 7 heteroatoms. The fraction of sp³-hybridized carbons (Fsp3) is 0.286. The second-order valence-electron chi connectivity index (χ2n) is 6.89. The van der Waals surface area contributed by atoms with Crippen LogP contribution in [0.5, 0.6) is 0 Å². The van der Waals surface area contributed by atoms with E-state index in [0.717, 1.165) is 30.0 Å². The van der Waals surface area contributed by atoms with Crippen LogP contribution in [0.3, 0.4) is 0 Å². The fourth-order valence-electron chi connectivity index (χ4n) is 3.38. The molecule has 1 saturated heterocycles. The lowest BCUT2D eigenvalue weighted by Crippen LogP contribution is -2.27. The molecule has 3 heterocycles. The number of hydrogen-bond donors (Lipinski definition) is 1. The standard InChI is InChI=1S/C21H21ClN4OS/c22-20-10-9-19(28-20)18(27)8-5-16-13-26(14-24-16)17-6-3-15(4-7-17)21(23)25-11-1-2-12-25/h3-4,6-7,9-10,13-14,23H,1-2,5,8,11-12H2. The van der Waals surface area contributed by atoms with Crippen LogP contribution in [0.4, 0.5) is 0 Å². The summed E-state index contributed by atoms with van der Waals surface area (Å²) in [6.07, 6.45) is 7.07. The van der Waals surface area contributed by atoms with Gasteiger partial charge >= 0.3 is 0 Å². The number of ketones is 1. The van der Waals surface area contributed by atoms with Crippen LogP contribution in [0, 0.1) is 5.41 Å². The molecule has 1 aromatic carbocycles. The lowest BCUT2D eigenvalue weighted by Gasteiger charge is -2.18. The van der Waals surface area contributed by atoms with E-state index < -0.39 is 0 Å². The number of hydrogen-bond acceptors (Lipinski definition) is 4. The third-order valence-corrected chi connectivity index (χ3v) is 6.23. The summed E-state index contributed by atoms with van der Waals surface area (Å²) in [4.78, 5) is 19.5. The molecule has 0 amide bonds. The third kappa shape index (κ3) is 4.18. The van der Waals surface area contributed by atoms with Gasteiger partial charge in [-0.15, -0.1) is 11.3 Å². The molecule has 144 valence electrons. The number of amidine groups is 1. The highest BCUT2D eigenvalue weighted by molar-refractivity contribution is 7.18. The molecule has 2 aromatic heterocycles. The van der Waals surface area contributed by atoms with E-state index in [9.17, 15) is 4.79 Å².